The molecule has 1 unspecified atom stereocenters. The highest BCUT2D eigenvalue weighted by molar-refractivity contribution is 7.94. The molecule has 1 amide bonds. The number of hydrogen-bond acceptors (Lipinski definition) is 3. The van der Waals surface area contributed by atoms with E-state index in [0.29, 0.717) is 0 Å². The van der Waals surface area contributed by atoms with Crippen molar-refractivity contribution < 1.29 is 13.2 Å². The summed E-state index contributed by atoms with van der Waals surface area (Å²) in [5.74, 6) is -0.176. The Morgan fingerprint density at radius 1 is 1.08 bits per heavy atom. The van der Waals surface area contributed by atoms with Crippen LogP contribution >= 0.6 is 0 Å². The third-order valence-electron chi connectivity index (χ3n) is 4.72. The van der Waals surface area contributed by atoms with Gasteiger partial charge < -0.3 is 4.90 Å². The van der Waals surface area contributed by atoms with Gasteiger partial charge in [0.05, 0.1) is 18.2 Å². The number of benzene rings is 2. The Kier molecular flexibility index (Phi) is 5.01. The van der Waals surface area contributed by atoms with Crippen molar-refractivity contribution in [2.75, 3.05) is 10.7 Å². The molecule has 0 radical (unpaired) electrons. The lowest BCUT2D eigenvalue weighted by atomic mass is 10.1. The van der Waals surface area contributed by atoms with E-state index in [1.807, 2.05) is 63.2 Å². The van der Waals surface area contributed by atoms with Crippen LogP contribution in [0.1, 0.15) is 22.3 Å². The Bertz CT molecular complexity index is 977. The minimum absolute atomic E-state index is 0.0700. The Labute approximate surface area is 155 Å². The van der Waals surface area contributed by atoms with Gasteiger partial charge in [0.1, 0.15) is 0 Å². The molecular formula is C21H23NO3S. The van der Waals surface area contributed by atoms with E-state index in [0.717, 1.165) is 27.9 Å². The molecule has 0 saturated heterocycles. The molecule has 5 heteroatoms. The fourth-order valence-electron chi connectivity index (χ4n) is 3.20. The SMILES string of the molecule is Cc1cccc(CC(=O)N(c2ccc(C)c(C)c2)C2C=CS(=O)(=O)C2)c1. The second-order valence-electron chi connectivity index (χ2n) is 6.92. The van der Waals surface area contributed by atoms with E-state index in [2.05, 4.69) is 0 Å². The fourth-order valence-corrected chi connectivity index (χ4v) is 4.47. The van der Waals surface area contributed by atoms with E-state index < -0.39 is 15.9 Å². The van der Waals surface area contributed by atoms with Gasteiger partial charge in [0.25, 0.3) is 0 Å². The van der Waals surface area contributed by atoms with Gasteiger partial charge in [0, 0.05) is 11.1 Å². The van der Waals surface area contributed by atoms with E-state index in [1.165, 1.54) is 5.41 Å². The van der Waals surface area contributed by atoms with Crippen LogP contribution in [0.15, 0.2) is 53.9 Å². The minimum atomic E-state index is -3.25. The summed E-state index contributed by atoms with van der Waals surface area (Å²) in [5.41, 5.74) is 4.96. The molecule has 2 aromatic carbocycles. The van der Waals surface area contributed by atoms with Crippen LogP contribution in [0, 0.1) is 20.8 Å². The molecule has 2 aromatic rings. The smallest absolute Gasteiger partial charge is 0.231 e. The summed E-state index contributed by atoms with van der Waals surface area (Å²) >= 11 is 0. The van der Waals surface area contributed by atoms with Crippen LogP contribution in [0.5, 0.6) is 0 Å². The molecular weight excluding hydrogens is 346 g/mol. The van der Waals surface area contributed by atoms with Gasteiger partial charge in [-0.15, -0.1) is 0 Å². The van der Waals surface area contributed by atoms with Crippen LogP contribution < -0.4 is 4.90 Å². The lowest BCUT2D eigenvalue weighted by molar-refractivity contribution is -0.118. The van der Waals surface area contributed by atoms with Gasteiger partial charge in [-0.1, -0.05) is 35.9 Å². The number of sulfone groups is 1. The van der Waals surface area contributed by atoms with Crippen molar-refractivity contribution >= 4 is 21.4 Å². The molecule has 4 nitrogen and oxygen atoms in total. The molecule has 1 aliphatic heterocycles. The molecule has 1 heterocycles. The predicted octanol–water partition coefficient (Wildman–Crippen LogP) is 3.50. The molecule has 0 fully saturated rings. The molecule has 0 N–H and O–H groups in total. The van der Waals surface area contributed by atoms with Crippen LogP contribution in [0.2, 0.25) is 0 Å². The zero-order valence-electron chi connectivity index (χ0n) is 15.3. The molecule has 0 aromatic heterocycles. The average molecular weight is 369 g/mol. The van der Waals surface area contributed by atoms with Crippen LogP contribution in [-0.2, 0) is 21.1 Å². The van der Waals surface area contributed by atoms with Gasteiger partial charge >= 0.3 is 0 Å². The molecule has 3 rings (SSSR count). The van der Waals surface area contributed by atoms with Gasteiger partial charge in [0.15, 0.2) is 9.84 Å². The van der Waals surface area contributed by atoms with E-state index in [1.54, 1.807) is 11.0 Å². The normalized spacial score (nSPS) is 18.0. The van der Waals surface area contributed by atoms with Crippen LogP contribution in [0.4, 0.5) is 5.69 Å². The number of carbonyl (C=O) groups excluding carboxylic acids is 1. The van der Waals surface area contributed by atoms with Crippen LogP contribution in [0.25, 0.3) is 0 Å². The standard InChI is InChI=1S/C21H23NO3S/c1-15-5-4-6-18(11-15)13-21(23)22(20-9-10-26(24,25)14-20)19-8-7-16(2)17(3)12-19/h4-12,20H,13-14H2,1-3H3. The number of anilines is 1. The zero-order chi connectivity index (χ0) is 18.9. The minimum Gasteiger partial charge on any atom is -0.304 e. The summed E-state index contributed by atoms with van der Waals surface area (Å²) in [6, 6.07) is 13.1. The molecule has 1 atom stereocenters. The van der Waals surface area contributed by atoms with Crippen molar-refractivity contribution in [2.45, 2.75) is 33.2 Å². The summed E-state index contributed by atoms with van der Waals surface area (Å²) in [6.07, 6.45) is 1.84. The van der Waals surface area contributed by atoms with E-state index in [9.17, 15) is 13.2 Å². The maximum Gasteiger partial charge on any atom is 0.231 e. The number of aryl methyl sites for hydroxylation is 3. The molecule has 26 heavy (non-hydrogen) atoms. The van der Waals surface area contributed by atoms with Crippen LogP contribution in [0.3, 0.4) is 0 Å². The van der Waals surface area contributed by atoms with Gasteiger partial charge in [-0.25, -0.2) is 8.42 Å². The topological polar surface area (TPSA) is 54.5 Å². The summed E-state index contributed by atoms with van der Waals surface area (Å²) in [5, 5.41) is 1.21. The second-order valence-corrected chi connectivity index (χ2v) is 8.85. The Morgan fingerprint density at radius 3 is 2.46 bits per heavy atom. The first-order valence-electron chi connectivity index (χ1n) is 8.61. The lowest BCUT2D eigenvalue weighted by Gasteiger charge is -2.28. The Hall–Kier alpha value is -2.40. The van der Waals surface area contributed by atoms with E-state index in [-0.39, 0.29) is 18.1 Å². The average Bonchev–Trinajstić information content (AvgIpc) is 2.90. The molecule has 0 saturated carbocycles. The number of nitrogens with zero attached hydrogens (tertiary/aromatic N) is 1. The third kappa shape index (κ3) is 4.05. The quantitative estimate of drug-likeness (QED) is 0.829. The van der Waals surface area contributed by atoms with Crippen molar-refractivity contribution in [3.63, 3.8) is 0 Å². The maximum atomic E-state index is 13.1. The zero-order valence-corrected chi connectivity index (χ0v) is 16.1. The van der Waals surface area contributed by atoms with Gasteiger partial charge in [-0.3, -0.25) is 4.79 Å². The number of carbonyl (C=O) groups is 1. The summed E-state index contributed by atoms with van der Waals surface area (Å²) < 4.78 is 23.8. The Balaban J connectivity index is 1.95. The first kappa shape index (κ1) is 18.4. The largest absolute Gasteiger partial charge is 0.304 e. The highest BCUT2D eigenvalue weighted by Gasteiger charge is 2.31. The molecule has 0 spiro atoms. The number of rotatable bonds is 4. The van der Waals surface area contributed by atoms with Crippen LogP contribution in [-0.4, -0.2) is 26.1 Å². The second kappa shape index (κ2) is 7.08. The summed E-state index contributed by atoms with van der Waals surface area (Å²) in [7, 11) is -3.25. The van der Waals surface area contributed by atoms with Gasteiger partial charge in [-0.05, 0) is 55.7 Å². The molecule has 1 aliphatic rings. The highest BCUT2D eigenvalue weighted by atomic mass is 32.2. The summed E-state index contributed by atoms with van der Waals surface area (Å²) in [6.45, 7) is 5.99. The van der Waals surface area contributed by atoms with Crippen molar-refractivity contribution in [1.82, 2.24) is 0 Å². The summed E-state index contributed by atoms with van der Waals surface area (Å²) in [4.78, 5) is 14.7. The first-order chi connectivity index (χ1) is 12.2. The van der Waals surface area contributed by atoms with E-state index >= 15 is 0 Å². The fraction of sp³-hybridized carbons (Fsp3) is 0.286. The molecule has 136 valence electrons. The molecule has 0 aliphatic carbocycles. The predicted molar refractivity (Wildman–Crippen MR) is 105 cm³/mol. The third-order valence-corrected chi connectivity index (χ3v) is 6.10. The van der Waals surface area contributed by atoms with Gasteiger partial charge in [0.2, 0.25) is 5.91 Å². The number of amides is 1. The number of hydrogen-bond donors (Lipinski definition) is 0. The first-order valence-corrected chi connectivity index (χ1v) is 10.3. The molecule has 0 bridgehead atoms. The van der Waals surface area contributed by atoms with Gasteiger partial charge in [-0.2, -0.15) is 0 Å². The van der Waals surface area contributed by atoms with Crippen molar-refractivity contribution in [3.8, 4) is 0 Å². The lowest BCUT2D eigenvalue weighted by Crippen LogP contribution is -2.42. The highest BCUT2D eigenvalue weighted by Crippen LogP contribution is 2.26. The van der Waals surface area contributed by atoms with Crippen molar-refractivity contribution in [3.05, 3.63) is 76.2 Å². The van der Waals surface area contributed by atoms with Crippen molar-refractivity contribution in [2.24, 2.45) is 0 Å². The van der Waals surface area contributed by atoms with Crippen molar-refractivity contribution in [1.29, 1.82) is 0 Å². The maximum absolute atomic E-state index is 13.1. The Morgan fingerprint density at radius 2 is 1.85 bits per heavy atom. The van der Waals surface area contributed by atoms with E-state index in [4.69, 9.17) is 0 Å². The monoisotopic (exact) mass is 369 g/mol.